The monoisotopic (exact) mass is 300 g/mol. The van der Waals surface area contributed by atoms with Crippen LogP contribution in [0.3, 0.4) is 0 Å². The van der Waals surface area contributed by atoms with E-state index in [9.17, 15) is 8.42 Å². The molecule has 0 fully saturated rings. The lowest BCUT2D eigenvalue weighted by Gasteiger charge is -2.16. The molecule has 0 spiro atoms. The van der Waals surface area contributed by atoms with E-state index >= 15 is 0 Å². The molecule has 0 saturated carbocycles. The minimum Gasteiger partial charge on any atom is -0.385 e. The smallest absolute Gasteiger partial charge is 0.241 e. The van der Waals surface area contributed by atoms with Crippen molar-refractivity contribution >= 4 is 10.0 Å². The maximum Gasteiger partial charge on any atom is 0.241 e. The lowest BCUT2D eigenvalue weighted by molar-refractivity contribution is 0.188. The van der Waals surface area contributed by atoms with Gasteiger partial charge in [0, 0.05) is 26.3 Å². The second kappa shape index (κ2) is 7.73. The molecule has 0 aliphatic heterocycles. The molecule has 1 unspecified atom stereocenters. The van der Waals surface area contributed by atoms with Crippen molar-refractivity contribution < 1.29 is 13.2 Å². The summed E-state index contributed by atoms with van der Waals surface area (Å²) in [5.41, 5.74) is 7.20. The zero-order valence-electron chi connectivity index (χ0n) is 12.3. The Bertz CT molecular complexity index is 529. The van der Waals surface area contributed by atoms with Crippen molar-refractivity contribution in [2.75, 3.05) is 13.7 Å². The first-order valence-electron chi connectivity index (χ1n) is 6.77. The normalized spacial score (nSPS) is 13.4. The number of ether oxygens (including phenoxy) is 1. The predicted octanol–water partition coefficient (Wildman–Crippen LogP) is 1.41. The van der Waals surface area contributed by atoms with E-state index in [0.717, 1.165) is 11.1 Å². The van der Waals surface area contributed by atoms with Gasteiger partial charge in [0.15, 0.2) is 0 Å². The van der Waals surface area contributed by atoms with E-state index in [1.807, 2.05) is 26.0 Å². The van der Waals surface area contributed by atoms with E-state index in [1.54, 1.807) is 13.2 Å². The Morgan fingerprint density at radius 1 is 1.40 bits per heavy atom. The van der Waals surface area contributed by atoms with Gasteiger partial charge in [-0.05, 0) is 37.0 Å². The number of aryl methyl sites for hydroxylation is 1. The second-order valence-electron chi connectivity index (χ2n) is 4.80. The minimum absolute atomic E-state index is 0.175. The van der Waals surface area contributed by atoms with Crippen LogP contribution in [-0.4, -0.2) is 28.2 Å². The molecular weight excluding hydrogens is 276 g/mol. The number of methoxy groups -OCH3 is 1. The topological polar surface area (TPSA) is 81.4 Å². The molecule has 114 valence electrons. The van der Waals surface area contributed by atoms with Gasteiger partial charge < -0.3 is 10.5 Å². The number of rotatable bonds is 8. The first-order valence-corrected chi connectivity index (χ1v) is 8.26. The van der Waals surface area contributed by atoms with Crippen molar-refractivity contribution in [3.63, 3.8) is 0 Å². The average molecular weight is 300 g/mol. The molecule has 20 heavy (non-hydrogen) atoms. The Morgan fingerprint density at radius 2 is 2.10 bits per heavy atom. The Hall–Kier alpha value is -0.950. The van der Waals surface area contributed by atoms with Crippen molar-refractivity contribution in [3.8, 4) is 0 Å². The van der Waals surface area contributed by atoms with E-state index in [-0.39, 0.29) is 6.04 Å². The SMILES string of the molecule is CCc1ccc(CN)cc1S(=O)(=O)NC(C)CCOC. The summed E-state index contributed by atoms with van der Waals surface area (Å²) in [5.74, 6) is 0. The largest absolute Gasteiger partial charge is 0.385 e. The molecular formula is C14H24N2O3S. The molecule has 0 aromatic heterocycles. The molecule has 0 heterocycles. The number of nitrogens with one attached hydrogen (secondary N) is 1. The molecule has 1 atom stereocenters. The average Bonchev–Trinajstić information content (AvgIpc) is 2.43. The fraction of sp³-hybridized carbons (Fsp3) is 0.571. The second-order valence-corrected chi connectivity index (χ2v) is 6.49. The van der Waals surface area contributed by atoms with Crippen molar-refractivity contribution in [3.05, 3.63) is 29.3 Å². The zero-order chi connectivity index (χ0) is 15.2. The summed E-state index contributed by atoms with van der Waals surface area (Å²) in [7, 11) is -1.93. The standard InChI is InChI=1S/C14H24N2O3S/c1-4-13-6-5-12(10-15)9-14(13)20(17,18)16-11(2)7-8-19-3/h5-6,9,11,16H,4,7-8,10,15H2,1-3H3. The quantitative estimate of drug-likeness (QED) is 0.760. The summed E-state index contributed by atoms with van der Waals surface area (Å²) in [6, 6.07) is 5.18. The van der Waals surface area contributed by atoms with Crippen LogP contribution in [0.25, 0.3) is 0 Å². The van der Waals surface area contributed by atoms with Gasteiger partial charge in [-0.25, -0.2) is 13.1 Å². The maximum absolute atomic E-state index is 12.5. The summed E-state index contributed by atoms with van der Waals surface area (Å²) in [5, 5.41) is 0. The van der Waals surface area contributed by atoms with E-state index in [1.165, 1.54) is 0 Å². The van der Waals surface area contributed by atoms with Gasteiger partial charge in [0.05, 0.1) is 4.90 Å². The van der Waals surface area contributed by atoms with Crippen LogP contribution in [-0.2, 0) is 27.7 Å². The van der Waals surface area contributed by atoms with Crippen LogP contribution in [0, 0.1) is 0 Å². The van der Waals surface area contributed by atoms with Crippen LogP contribution in [0.4, 0.5) is 0 Å². The number of hydrogen-bond acceptors (Lipinski definition) is 4. The number of sulfonamides is 1. The Kier molecular flexibility index (Phi) is 6.61. The lowest BCUT2D eigenvalue weighted by atomic mass is 10.1. The number of hydrogen-bond donors (Lipinski definition) is 2. The highest BCUT2D eigenvalue weighted by Crippen LogP contribution is 2.19. The van der Waals surface area contributed by atoms with Gasteiger partial charge in [0.25, 0.3) is 0 Å². The van der Waals surface area contributed by atoms with Gasteiger partial charge in [0.1, 0.15) is 0 Å². The van der Waals surface area contributed by atoms with Gasteiger partial charge in [-0.15, -0.1) is 0 Å². The van der Waals surface area contributed by atoms with Crippen LogP contribution in [0.5, 0.6) is 0 Å². The third-order valence-corrected chi connectivity index (χ3v) is 4.82. The van der Waals surface area contributed by atoms with Crippen molar-refractivity contribution in [2.45, 2.75) is 44.2 Å². The minimum atomic E-state index is -3.53. The van der Waals surface area contributed by atoms with E-state index < -0.39 is 10.0 Å². The molecule has 1 rings (SSSR count). The molecule has 0 saturated heterocycles. The van der Waals surface area contributed by atoms with E-state index in [0.29, 0.717) is 30.9 Å². The molecule has 1 aromatic rings. The Balaban J connectivity index is 3.01. The van der Waals surface area contributed by atoms with Crippen molar-refractivity contribution in [2.24, 2.45) is 5.73 Å². The lowest BCUT2D eigenvalue weighted by Crippen LogP contribution is -2.34. The highest BCUT2D eigenvalue weighted by atomic mass is 32.2. The highest BCUT2D eigenvalue weighted by Gasteiger charge is 2.20. The van der Waals surface area contributed by atoms with Crippen molar-refractivity contribution in [1.29, 1.82) is 0 Å². The van der Waals surface area contributed by atoms with E-state index in [2.05, 4.69) is 4.72 Å². The maximum atomic E-state index is 12.5. The van der Waals surface area contributed by atoms with Gasteiger partial charge in [-0.1, -0.05) is 19.1 Å². The van der Waals surface area contributed by atoms with Gasteiger partial charge in [-0.3, -0.25) is 0 Å². The zero-order valence-corrected chi connectivity index (χ0v) is 13.2. The number of nitrogens with two attached hydrogens (primary N) is 1. The summed E-state index contributed by atoms with van der Waals surface area (Å²) in [6.45, 7) is 4.61. The first kappa shape index (κ1) is 17.1. The van der Waals surface area contributed by atoms with Crippen molar-refractivity contribution in [1.82, 2.24) is 4.72 Å². The van der Waals surface area contributed by atoms with E-state index in [4.69, 9.17) is 10.5 Å². The van der Waals surface area contributed by atoms with Gasteiger partial charge >= 0.3 is 0 Å². The molecule has 5 nitrogen and oxygen atoms in total. The molecule has 0 bridgehead atoms. The molecule has 3 N–H and O–H groups in total. The first-order chi connectivity index (χ1) is 9.44. The molecule has 0 aliphatic carbocycles. The van der Waals surface area contributed by atoms with Crippen LogP contribution >= 0.6 is 0 Å². The fourth-order valence-electron chi connectivity index (χ4n) is 1.95. The third kappa shape index (κ3) is 4.56. The van der Waals surface area contributed by atoms with Crippen LogP contribution in [0.2, 0.25) is 0 Å². The Labute approximate surface area is 121 Å². The predicted molar refractivity (Wildman–Crippen MR) is 80.0 cm³/mol. The fourth-order valence-corrected chi connectivity index (χ4v) is 3.59. The molecule has 1 aromatic carbocycles. The highest BCUT2D eigenvalue weighted by molar-refractivity contribution is 7.89. The molecule has 0 amide bonds. The molecule has 6 heteroatoms. The van der Waals surface area contributed by atoms with Crippen LogP contribution < -0.4 is 10.5 Å². The summed E-state index contributed by atoms with van der Waals surface area (Å²) < 4.78 is 32.6. The van der Waals surface area contributed by atoms with Gasteiger partial charge in [-0.2, -0.15) is 0 Å². The molecule has 0 radical (unpaired) electrons. The van der Waals surface area contributed by atoms with Crippen LogP contribution in [0.15, 0.2) is 23.1 Å². The Morgan fingerprint density at radius 3 is 2.65 bits per heavy atom. The molecule has 0 aliphatic rings. The van der Waals surface area contributed by atoms with Gasteiger partial charge in [0.2, 0.25) is 10.0 Å². The third-order valence-electron chi connectivity index (χ3n) is 3.15. The summed E-state index contributed by atoms with van der Waals surface area (Å²) in [6.07, 6.45) is 1.29. The number of benzene rings is 1. The van der Waals surface area contributed by atoms with Crippen LogP contribution in [0.1, 0.15) is 31.4 Å². The summed E-state index contributed by atoms with van der Waals surface area (Å²) >= 11 is 0. The summed E-state index contributed by atoms with van der Waals surface area (Å²) in [4.78, 5) is 0.326.